The molecule has 9 heteroatoms. The number of aryl methyl sites for hydroxylation is 1. The third-order valence-corrected chi connectivity index (χ3v) is 5.42. The number of anilines is 1. The second-order valence-electron chi connectivity index (χ2n) is 6.34. The summed E-state index contributed by atoms with van der Waals surface area (Å²) in [5.41, 5.74) is 0.155. The van der Waals surface area contributed by atoms with Crippen LogP contribution in [0.1, 0.15) is 22.8 Å². The average molecular weight is 408 g/mol. The van der Waals surface area contributed by atoms with Gasteiger partial charge in [0.25, 0.3) is 15.9 Å². The van der Waals surface area contributed by atoms with Gasteiger partial charge in [-0.05, 0) is 49.7 Å². The fraction of sp³-hybridized carbons (Fsp3) is 0.263. The number of para-hydroxylation sites is 1. The van der Waals surface area contributed by atoms with E-state index in [9.17, 15) is 22.4 Å². The van der Waals surface area contributed by atoms with E-state index < -0.39 is 33.8 Å². The minimum absolute atomic E-state index is 0.0132. The summed E-state index contributed by atoms with van der Waals surface area (Å²) in [5, 5.41) is 0. The summed E-state index contributed by atoms with van der Waals surface area (Å²) in [7, 11) is -1.02. The van der Waals surface area contributed by atoms with Gasteiger partial charge in [-0.2, -0.15) is 0 Å². The lowest BCUT2D eigenvalue weighted by Gasteiger charge is -2.18. The van der Waals surface area contributed by atoms with Gasteiger partial charge in [0.2, 0.25) is 0 Å². The number of halogens is 1. The van der Waals surface area contributed by atoms with Gasteiger partial charge in [-0.3, -0.25) is 9.52 Å². The van der Waals surface area contributed by atoms with Crippen molar-refractivity contribution in [3.63, 3.8) is 0 Å². The lowest BCUT2D eigenvalue weighted by molar-refractivity contribution is -0.137. The SMILES string of the molecule is Cc1cc(F)ccc1S(=O)(=O)Nc1ccccc1C(=O)O[C@@H](C)C(=O)N(C)C. The molecule has 0 fully saturated rings. The Kier molecular flexibility index (Phi) is 6.40. The summed E-state index contributed by atoms with van der Waals surface area (Å²) in [5.74, 6) is -1.81. The van der Waals surface area contributed by atoms with Crippen molar-refractivity contribution < 1.29 is 27.1 Å². The Morgan fingerprint density at radius 2 is 1.79 bits per heavy atom. The van der Waals surface area contributed by atoms with Crippen molar-refractivity contribution in [1.82, 2.24) is 4.90 Å². The third kappa shape index (κ3) is 4.86. The fourth-order valence-corrected chi connectivity index (χ4v) is 3.81. The van der Waals surface area contributed by atoms with Gasteiger partial charge >= 0.3 is 5.97 Å². The molecular weight excluding hydrogens is 387 g/mol. The molecule has 0 aliphatic carbocycles. The van der Waals surface area contributed by atoms with Crippen molar-refractivity contribution in [3.05, 3.63) is 59.4 Å². The first-order chi connectivity index (χ1) is 13.0. The third-order valence-electron chi connectivity index (χ3n) is 3.89. The summed E-state index contributed by atoms with van der Waals surface area (Å²) in [6, 6.07) is 9.14. The van der Waals surface area contributed by atoms with Crippen molar-refractivity contribution in [3.8, 4) is 0 Å². The maximum absolute atomic E-state index is 13.3. The molecule has 1 N–H and O–H groups in total. The van der Waals surface area contributed by atoms with Crippen LogP contribution < -0.4 is 4.72 Å². The molecule has 1 atom stereocenters. The lowest BCUT2D eigenvalue weighted by Crippen LogP contribution is -2.35. The standard InChI is InChI=1S/C19H21FN2O5S/c1-12-11-14(20)9-10-17(12)28(25,26)21-16-8-6-5-7-15(16)19(24)27-13(2)18(23)22(3)4/h5-11,13,21H,1-4H3/t13-/m0/s1. The van der Waals surface area contributed by atoms with Crippen LogP contribution in [-0.2, 0) is 19.6 Å². The van der Waals surface area contributed by atoms with Crippen molar-refractivity contribution >= 4 is 27.6 Å². The average Bonchev–Trinajstić information content (AvgIpc) is 2.60. The number of likely N-dealkylation sites (N-methyl/N-ethyl adjacent to an activating group) is 1. The van der Waals surface area contributed by atoms with E-state index in [0.29, 0.717) is 0 Å². The van der Waals surface area contributed by atoms with Crippen molar-refractivity contribution in [2.75, 3.05) is 18.8 Å². The van der Waals surface area contributed by atoms with E-state index in [0.717, 1.165) is 18.2 Å². The summed E-state index contributed by atoms with van der Waals surface area (Å²) in [4.78, 5) is 25.5. The van der Waals surface area contributed by atoms with Gasteiger partial charge in [0.1, 0.15) is 5.82 Å². The highest BCUT2D eigenvalue weighted by molar-refractivity contribution is 7.92. The van der Waals surface area contributed by atoms with E-state index in [1.165, 1.54) is 51.0 Å². The quantitative estimate of drug-likeness (QED) is 0.742. The number of amides is 1. The largest absolute Gasteiger partial charge is 0.449 e. The zero-order chi connectivity index (χ0) is 21.1. The van der Waals surface area contributed by atoms with Crippen LogP contribution in [0.25, 0.3) is 0 Å². The second-order valence-corrected chi connectivity index (χ2v) is 7.99. The Hall–Kier alpha value is -2.94. The molecule has 0 aliphatic heterocycles. The molecule has 28 heavy (non-hydrogen) atoms. The number of esters is 1. The van der Waals surface area contributed by atoms with Crippen LogP contribution in [0.15, 0.2) is 47.4 Å². The van der Waals surface area contributed by atoms with Gasteiger partial charge in [0, 0.05) is 14.1 Å². The number of nitrogens with one attached hydrogen (secondary N) is 1. The van der Waals surface area contributed by atoms with E-state index in [1.807, 2.05) is 0 Å². The van der Waals surface area contributed by atoms with Crippen molar-refractivity contribution in [2.24, 2.45) is 0 Å². The van der Waals surface area contributed by atoms with Crippen LogP contribution in [-0.4, -0.2) is 45.4 Å². The molecule has 0 bridgehead atoms. The molecule has 150 valence electrons. The predicted molar refractivity (Wildman–Crippen MR) is 102 cm³/mol. The van der Waals surface area contributed by atoms with Crippen LogP contribution in [0, 0.1) is 12.7 Å². The zero-order valence-electron chi connectivity index (χ0n) is 15.9. The molecule has 2 rings (SSSR count). The number of rotatable bonds is 6. The summed E-state index contributed by atoms with van der Waals surface area (Å²) in [6.45, 7) is 2.89. The number of ether oxygens (including phenoxy) is 1. The predicted octanol–water partition coefficient (Wildman–Crippen LogP) is 2.57. The molecule has 0 spiro atoms. The Morgan fingerprint density at radius 3 is 2.39 bits per heavy atom. The first-order valence-electron chi connectivity index (χ1n) is 8.33. The van der Waals surface area contributed by atoms with E-state index in [1.54, 1.807) is 6.07 Å². The zero-order valence-corrected chi connectivity index (χ0v) is 16.7. The fourth-order valence-electron chi connectivity index (χ4n) is 2.50. The number of carbonyl (C=O) groups excluding carboxylic acids is 2. The maximum Gasteiger partial charge on any atom is 0.341 e. The minimum Gasteiger partial charge on any atom is -0.449 e. The Balaban J connectivity index is 2.31. The molecule has 0 radical (unpaired) electrons. The van der Waals surface area contributed by atoms with E-state index >= 15 is 0 Å². The molecule has 7 nitrogen and oxygen atoms in total. The number of carbonyl (C=O) groups is 2. The smallest absolute Gasteiger partial charge is 0.341 e. The summed E-state index contributed by atoms with van der Waals surface area (Å²) in [6.07, 6.45) is -1.04. The van der Waals surface area contributed by atoms with Crippen molar-refractivity contribution in [2.45, 2.75) is 24.8 Å². The lowest BCUT2D eigenvalue weighted by atomic mass is 10.2. The van der Waals surface area contributed by atoms with Crippen LogP contribution in [0.5, 0.6) is 0 Å². The molecule has 0 saturated carbocycles. The highest BCUT2D eigenvalue weighted by atomic mass is 32.2. The number of nitrogens with zero attached hydrogens (tertiary/aromatic N) is 1. The van der Waals surface area contributed by atoms with E-state index in [-0.39, 0.29) is 21.7 Å². The highest BCUT2D eigenvalue weighted by Gasteiger charge is 2.24. The topological polar surface area (TPSA) is 92.8 Å². The van der Waals surface area contributed by atoms with Gasteiger partial charge in [-0.15, -0.1) is 0 Å². The Labute approximate surface area is 163 Å². The molecule has 0 aromatic heterocycles. The number of sulfonamides is 1. The molecule has 0 aliphatic rings. The first-order valence-corrected chi connectivity index (χ1v) is 9.81. The molecule has 2 aromatic carbocycles. The minimum atomic E-state index is -4.07. The molecule has 1 amide bonds. The molecular formula is C19H21FN2O5S. The van der Waals surface area contributed by atoms with Gasteiger partial charge in [0.15, 0.2) is 6.10 Å². The normalized spacial score (nSPS) is 12.2. The van der Waals surface area contributed by atoms with Crippen molar-refractivity contribution in [1.29, 1.82) is 0 Å². The summed E-state index contributed by atoms with van der Waals surface area (Å²) >= 11 is 0. The van der Waals surface area contributed by atoms with Crippen LogP contribution in [0.3, 0.4) is 0 Å². The maximum atomic E-state index is 13.3. The van der Waals surface area contributed by atoms with Crippen LogP contribution in [0.2, 0.25) is 0 Å². The number of hydrogen-bond donors (Lipinski definition) is 1. The molecule has 0 saturated heterocycles. The Bertz CT molecular complexity index is 1010. The molecule has 0 unspecified atom stereocenters. The number of hydrogen-bond acceptors (Lipinski definition) is 5. The van der Waals surface area contributed by atoms with Gasteiger partial charge in [0.05, 0.1) is 16.1 Å². The highest BCUT2D eigenvalue weighted by Crippen LogP contribution is 2.23. The van der Waals surface area contributed by atoms with Gasteiger partial charge < -0.3 is 9.64 Å². The molecule has 2 aromatic rings. The van der Waals surface area contributed by atoms with Crippen LogP contribution >= 0.6 is 0 Å². The van der Waals surface area contributed by atoms with Gasteiger partial charge in [-0.1, -0.05) is 12.1 Å². The number of benzene rings is 2. The van der Waals surface area contributed by atoms with Gasteiger partial charge in [-0.25, -0.2) is 17.6 Å². The summed E-state index contributed by atoms with van der Waals surface area (Å²) < 4.78 is 46.1. The Morgan fingerprint density at radius 1 is 1.14 bits per heavy atom. The first kappa shape index (κ1) is 21.4. The van der Waals surface area contributed by atoms with E-state index in [2.05, 4.69) is 4.72 Å². The second kappa shape index (κ2) is 8.39. The molecule has 0 heterocycles. The monoisotopic (exact) mass is 408 g/mol. The van der Waals surface area contributed by atoms with Crippen LogP contribution in [0.4, 0.5) is 10.1 Å². The van der Waals surface area contributed by atoms with E-state index in [4.69, 9.17) is 4.74 Å².